The summed E-state index contributed by atoms with van der Waals surface area (Å²) in [5, 5.41) is 3.13. The molecule has 0 bridgehead atoms. The Morgan fingerprint density at radius 2 is 2.04 bits per heavy atom. The number of rotatable bonds is 4. The average molecular weight is 434 g/mol. The lowest BCUT2D eigenvalue weighted by Crippen LogP contribution is -2.48. The van der Waals surface area contributed by atoms with Crippen molar-refractivity contribution in [1.82, 2.24) is 9.80 Å². The van der Waals surface area contributed by atoms with Gasteiger partial charge in [0.05, 0.1) is 22.5 Å². The molecular formula is C19H23Cl3N2OS. The number of carbonyl (C=O) groups is 1. The van der Waals surface area contributed by atoms with Gasteiger partial charge in [-0.25, -0.2) is 0 Å². The van der Waals surface area contributed by atoms with Crippen molar-refractivity contribution in [3.63, 3.8) is 0 Å². The zero-order valence-electron chi connectivity index (χ0n) is 15.0. The van der Waals surface area contributed by atoms with Crippen molar-refractivity contribution in [3.05, 3.63) is 55.7 Å². The Morgan fingerprint density at radius 1 is 1.31 bits per heavy atom. The first-order valence-electron chi connectivity index (χ1n) is 8.34. The predicted octanol–water partition coefficient (Wildman–Crippen LogP) is 5.10. The van der Waals surface area contributed by atoms with Crippen molar-refractivity contribution >= 4 is 52.9 Å². The molecule has 0 fully saturated rings. The van der Waals surface area contributed by atoms with Gasteiger partial charge in [0.2, 0.25) is 5.91 Å². The van der Waals surface area contributed by atoms with E-state index >= 15 is 0 Å². The van der Waals surface area contributed by atoms with Crippen molar-refractivity contribution in [2.45, 2.75) is 31.8 Å². The summed E-state index contributed by atoms with van der Waals surface area (Å²) in [5.41, 5.74) is 2.19. The van der Waals surface area contributed by atoms with Gasteiger partial charge in [0.25, 0.3) is 0 Å². The first-order chi connectivity index (χ1) is 11.9. The van der Waals surface area contributed by atoms with Gasteiger partial charge in [0.1, 0.15) is 0 Å². The topological polar surface area (TPSA) is 23.6 Å². The van der Waals surface area contributed by atoms with Crippen LogP contribution in [0.25, 0.3) is 0 Å². The van der Waals surface area contributed by atoms with E-state index in [2.05, 4.69) is 37.4 Å². The van der Waals surface area contributed by atoms with Crippen LogP contribution in [-0.2, 0) is 17.6 Å². The first kappa shape index (κ1) is 21.5. The van der Waals surface area contributed by atoms with Gasteiger partial charge in [0.15, 0.2) is 0 Å². The molecule has 1 amide bonds. The second-order valence-corrected chi connectivity index (χ2v) is 8.53. The second kappa shape index (κ2) is 8.94. The van der Waals surface area contributed by atoms with Crippen LogP contribution in [0, 0.1) is 0 Å². The fourth-order valence-corrected chi connectivity index (χ4v) is 4.59. The molecule has 2 aromatic rings. The Hall–Kier alpha value is -0.780. The van der Waals surface area contributed by atoms with E-state index in [-0.39, 0.29) is 30.4 Å². The summed E-state index contributed by atoms with van der Waals surface area (Å²) in [6, 6.07) is 7.90. The molecule has 1 aliphatic heterocycles. The summed E-state index contributed by atoms with van der Waals surface area (Å²) in [4.78, 5) is 18.7. The van der Waals surface area contributed by atoms with Gasteiger partial charge < -0.3 is 9.80 Å². The van der Waals surface area contributed by atoms with E-state index in [1.165, 1.54) is 10.4 Å². The second-order valence-electron chi connectivity index (χ2n) is 6.71. The number of likely N-dealkylation sites (N-methyl/N-ethyl adjacent to an activating group) is 1. The van der Waals surface area contributed by atoms with Gasteiger partial charge >= 0.3 is 0 Å². The normalized spacial score (nSPS) is 17.6. The van der Waals surface area contributed by atoms with Gasteiger partial charge in [-0.3, -0.25) is 4.79 Å². The SMILES string of the molecule is CC(C1c2ccsc2CCN1C(=O)Cc1ccc(Cl)c(Cl)c1)N(C)C.Cl. The summed E-state index contributed by atoms with van der Waals surface area (Å²) in [5.74, 6) is 0.133. The number of halogens is 3. The Labute approximate surface area is 175 Å². The molecule has 2 heterocycles. The Morgan fingerprint density at radius 3 is 2.69 bits per heavy atom. The fraction of sp³-hybridized carbons (Fsp3) is 0.421. The van der Waals surface area contributed by atoms with Crippen LogP contribution in [0.4, 0.5) is 0 Å². The number of nitrogens with zero attached hydrogens (tertiary/aromatic N) is 2. The van der Waals surface area contributed by atoms with Crippen molar-refractivity contribution in [2.24, 2.45) is 0 Å². The van der Waals surface area contributed by atoms with E-state index in [1.807, 2.05) is 11.0 Å². The standard InChI is InChI=1S/C19H22Cl2N2OS.ClH/c1-12(22(2)3)19-14-7-9-25-17(14)6-8-23(19)18(24)11-13-4-5-15(20)16(21)10-13;/h4-5,7,9-10,12,19H,6,8,11H2,1-3H3;1H. The van der Waals surface area contributed by atoms with Crippen LogP contribution in [0.3, 0.4) is 0 Å². The number of thiophene rings is 1. The van der Waals surface area contributed by atoms with Gasteiger partial charge in [-0.15, -0.1) is 23.7 Å². The molecule has 0 radical (unpaired) electrons. The minimum absolute atomic E-state index is 0. The molecule has 3 rings (SSSR count). The number of benzene rings is 1. The van der Waals surface area contributed by atoms with Crippen molar-refractivity contribution in [2.75, 3.05) is 20.6 Å². The van der Waals surface area contributed by atoms with Crippen molar-refractivity contribution in [1.29, 1.82) is 0 Å². The number of fused-ring (bicyclic) bond motifs is 1. The predicted molar refractivity (Wildman–Crippen MR) is 113 cm³/mol. The maximum atomic E-state index is 13.1. The Bertz CT molecular complexity index is 778. The Kier molecular flexibility index (Phi) is 7.40. The highest BCUT2D eigenvalue weighted by molar-refractivity contribution is 7.10. The van der Waals surface area contributed by atoms with Crippen LogP contribution in [-0.4, -0.2) is 42.4 Å². The van der Waals surface area contributed by atoms with Crippen LogP contribution in [0.5, 0.6) is 0 Å². The quantitative estimate of drug-likeness (QED) is 0.670. The highest BCUT2D eigenvalue weighted by Gasteiger charge is 2.35. The molecule has 1 aromatic heterocycles. The molecule has 2 atom stereocenters. The molecule has 2 unspecified atom stereocenters. The molecule has 1 aliphatic rings. The summed E-state index contributed by atoms with van der Waals surface area (Å²) in [6.07, 6.45) is 1.27. The van der Waals surface area contributed by atoms with Crippen molar-refractivity contribution in [3.8, 4) is 0 Å². The van der Waals surface area contributed by atoms with E-state index in [4.69, 9.17) is 23.2 Å². The first-order valence-corrected chi connectivity index (χ1v) is 9.98. The lowest BCUT2D eigenvalue weighted by molar-refractivity contribution is -0.134. The molecule has 0 saturated heterocycles. The zero-order chi connectivity index (χ0) is 18.1. The van der Waals surface area contributed by atoms with E-state index in [0.717, 1.165) is 18.5 Å². The lowest BCUT2D eigenvalue weighted by Gasteiger charge is -2.41. The lowest BCUT2D eigenvalue weighted by atomic mass is 9.93. The summed E-state index contributed by atoms with van der Waals surface area (Å²) < 4.78 is 0. The molecule has 3 nitrogen and oxygen atoms in total. The molecule has 0 aliphatic carbocycles. The molecule has 1 aromatic carbocycles. The molecule has 142 valence electrons. The van der Waals surface area contributed by atoms with E-state index in [9.17, 15) is 4.79 Å². The van der Waals surface area contributed by atoms with Crippen molar-refractivity contribution < 1.29 is 4.79 Å². The molecule has 0 spiro atoms. The smallest absolute Gasteiger partial charge is 0.227 e. The number of hydrogen-bond acceptors (Lipinski definition) is 3. The van der Waals surface area contributed by atoms with Crippen LogP contribution in [0.2, 0.25) is 10.0 Å². The third-order valence-corrected chi connectivity index (χ3v) is 6.68. The van der Waals surface area contributed by atoms with Crippen LogP contribution >= 0.6 is 46.9 Å². The third-order valence-electron chi connectivity index (χ3n) is 4.95. The third kappa shape index (κ3) is 4.37. The average Bonchev–Trinajstić information content (AvgIpc) is 3.05. The molecule has 0 N–H and O–H groups in total. The summed E-state index contributed by atoms with van der Waals surface area (Å²) in [6.45, 7) is 2.94. The summed E-state index contributed by atoms with van der Waals surface area (Å²) >= 11 is 13.9. The summed E-state index contributed by atoms with van der Waals surface area (Å²) in [7, 11) is 4.12. The zero-order valence-corrected chi connectivity index (χ0v) is 18.2. The minimum atomic E-state index is 0. The van der Waals surface area contributed by atoms with Gasteiger partial charge in [0, 0.05) is 17.5 Å². The number of amides is 1. The number of carbonyl (C=O) groups excluding carboxylic acids is 1. The minimum Gasteiger partial charge on any atom is -0.333 e. The maximum absolute atomic E-state index is 13.1. The largest absolute Gasteiger partial charge is 0.333 e. The molecule has 26 heavy (non-hydrogen) atoms. The monoisotopic (exact) mass is 432 g/mol. The highest BCUT2D eigenvalue weighted by atomic mass is 35.5. The van der Waals surface area contributed by atoms with Crippen LogP contribution < -0.4 is 0 Å². The van der Waals surface area contributed by atoms with E-state index in [0.29, 0.717) is 16.5 Å². The van der Waals surface area contributed by atoms with Gasteiger partial charge in [-0.2, -0.15) is 0 Å². The van der Waals surface area contributed by atoms with Crippen LogP contribution in [0.1, 0.15) is 29.0 Å². The van der Waals surface area contributed by atoms with Gasteiger partial charge in [-0.05, 0) is 62.1 Å². The van der Waals surface area contributed by atoms with E-state index < -0.39 is 0 Å². The van der Waals surface area contributed by atoms with Crippen LogP contribution in [0.15, 0.2) is 29.6 Å². The highest BCUT2D eigenvalue weighted by Crippen LogP contribution is 2.37. The maximum Gasteiger partial charge on any atom is 0.227 e. The Balaban J connectivity index is 0.00000243. The fourth-order valence-electron chi connectivity index (χ4n) is 3.35. The molecular weight excluding hydrogens is 411 g/mol. The molecule has 7 heteroatoms. The molecule has 0 saturated carbocycles. The van der Waals surface area contributed by atoms with Gasteiger partial charge in [-0.1, -0.05) is 29.3 Å². The van der Waals surface area contributed by atoms with E-state index in [1.54, 1.807) is 23.5 Å². The number of hydrogen-bond donors (Lipinski definition) is 0.